The van der Waals surface area contributed by atoms with Gasteiger partial charge in [-0.05, 0) is 36.2 Å². The van der Waals surface area contributed by atoms with Crippen molar-refractivity contribution in [2.24, 2.45) is 0 Å². The smallest absolute Gasteiger partial charge is 0.129 e. The number of halogens is 2. The van der Waals surface area contributed by atoms with Gasteiger partial charge in [-0.15, -0.1) is 0 Å². The van der Waals surface area contributed by atoms with Crippen LogP contribution >= 0.6 is 23.2 Å². The third-order valence-corrected chi connectivity index (χ3v) is 2.89. The van der Waals surface area contributed by atoms with Gasteiger partial charge in [0.05, 0.1) is 0 Å². The summed E-state index contributed by atoms with van der Waals surface area (Å²) in [4.78, 5) is 7.92. The summed E-state index contributed by atoms with van der Waals surface area (Å²) in [7, 11) is 0. The number of nitrogens with zero attached hydrogens (tertiary/aromatic N) is 2. The van der Waals surface area contributed by atoms with Crippen LogP contribution in [-0.2, 0) is 6.42 Å². The van der Waals surface area contributed by atoms with Crippen LogP contribution in [0, 0.1) is 0 Å². The molecule has 0 atom stereocenters. The predicted molar refractivity (Wildman–Crippen MR) is 70.7 cm³/mol. The van der Waals surface area contributed by atoms with Crippen molar-refractivity contribution in [3.63, 3.8) is 0 Å². The van der Waals surface area contributed by atoms with E-state index in [1.807, 2.05) is 18.2 Å². The first-order valence-corrected chi connectivity index (χ1v) is 5.95. The fraction of sp³-hybridized carbons (Fsp3) is 0.167. The van der Waals surface area contributed by atoms with Crippen LogP contribution in [-0.4, -0.2) is 16.5 Å². The molecule has 1 aromatic heterocycles. The van der Waals surface area contributed by atoms with Gasteiger partial charge in [-0.2, -0.15) is 0 Å². The normalized spacial score (nSPS) is 10.2. The predicted octanol–water partition coefficient (Wildman–Crippen LogP) is 3.44. The third kappa shape index (κ3) is 3.58. The molecule has 0 aliphatic rings. The highest BCUT2D eigenvalue weighted by Crippen LogP contribution is 2.20. The molecule has 17 heavy (non-hydrogen) atoms. The number of rotatable bonds is 4. The van der Waals surface area contributed by atoms with Crippen molar-refractivity contribution < 1.29 is 0 Å². The summed E-state index contributed by atoms with van der Waals surface area (Å²) < 4.78 is 0. The summed E-state index contributed by atoms with van der Waals surface area (Å²) in [6.07, 6.45) is 4.00. The zero-order chi connectivity index (χ0) is 12.1. The van der Waals surface area contributed by atoms with Crippen molar-refractivity contribution >= 4 is 29.0 Å². The summed E-state index contributed by atoms with van der Waals surface area (Å²) in [5, 5.41) is 4.62. The summed E-state index contributed by atoms with van der Waals surface area (Å²) >= 11 is 12.0. The van der Waals surface area contributed by atoms with Crippen molar-refractivity contribution in [2.45, 2.75) is 6.42 Å². The lowest BCUT2D eigenvalue weighted by atomic mass is 10.1. The van der Waals surface area contributed by atoms with Gasteiger partial charge in [0.15, 0.2) is 0 Å². The van der Waals surface area contributed by atoms with Gasteiger partial charge in [-0.25, -0.2) is 9.97 Å². The van der Waals surface area contributed by atoms with E-state index in [-0.39, 0.29) is 0 Å². The van der Waals surface area contributed by atoms with Gasteiger partial charge in [-0.3, -0.25) is 0 Å². The Balaban J connectivity index is 1.92. The van der Waals surface area contributed by atoms with Gasteiger partial charge in [0.25, 0.3) is 0 Å². The van der Waals surface area contributed by atoms with Crippen LogP contribution in [0.2, 0.25) is 10.0 Å². The second-order valence-electron chi connectivity index (χ2n) is 3.51. The van der Waals surface area contributed by atoms with E-state index in [0.717, 1.165) is 29.4 Å². The fourth-order valence-corrected chi connectivity index (χ4v) is 1.86. The lowest BCUT2D eigenvalue weighted by Gasteiger charge is -2.07. The van der Waals surface area contributed by atoms with Gasteiger partial charge in [0.1, 0.15) is 12.1 Å². The first kappa shape index (κ1) is 12.1. The molecule has 1 N–H and O–H groups in total. The van der Waals surface area contributed by atoms with E-state index in [1.54, 1.807) is 12.3 Å². The number of hydrogen-bond donors (Lipinski definition) is 1. The number of hydrogen-bond acceptors (Lipinski definition) is 3. The van der Waals surface area contributed by atoms with E-state index in [9.17, 15) is 0 Å². The molecule has 0 aliphatic heterocycles. The maximum absolute atomic E-state index is 6.07. The summed E-state index contributed by atoms with van der Waals surface area (Å²) in [5.74, 6) is 0.804. The van der Waals surface area contributed by atoms with E-state index >= 15 is 0 Å². The quantitative estimate of drug-likeness (QED) is 0.923. The topological polar surface area (TPSA) is 37.8 Å². The van der Waals surface area contributed by atoms with Gasteiger partial charge >= 0.3 is 0 Å². The molecule has 1 heterocycles. The average Bonchev–Trinajstić information content (AvgIpc) is 2.35. The standard InChI is InChI=1S/C12H11Cl2N3/c13-10-1-2-11(14)9(7-10)3-6-16-12-4-5-15-8-17-12/h1-2,4-5,7-8H,3,6H2,(H,15,16,17). The molecule has 2 aromatic rings. The van der Waals surface area contributed by atoms with Gasteiger partial charge in [0.2, 0.25) is 0 Å². The molecule has 0 amide bonds. The largest absolute Gasteiger partial charge is 0.370 e. The fourth-order valence-electron chi connectivity index (χ4n) is 1.46. The molecule has 2 rings (SSSR count). The Labute approximate surface area is 110 Å². The molecule has 0 saturated carbocycles. The molecule has 1 aromatic carbocycles. The maximum atomic E-state index is 6.07. The molecule has 5 heteroatoms. The molecular weight excluding hydrogens is 257 g/mol. The monoisotopic (exact) mass is 267 g/mol. The van der Waals surface area contributed by atoms with Gasteiger partial charge in [-0.1, -0.05) is 23.2 Å². The minimum absolute atomic E-state index is 0.700. The van der Waals surface area contributed by atoms with E-state index in [4.69, 9.17) is 23.2 Å². The second-order valence-corrected chi connectivity index (χ2v) is 4.35. The molecule has 88 valence electrons. The molecule has 0 bridgehead atoms. The van der Waals surface area contributed by atoms with E-state index < -0.39 is 0 Å². The van der Waals surface area contributed by atoms with Gasteiger partial charge in [0, 0.05) is 22.8 Å². The maximum Gasteiger partial charge on any atom is 0.129 e. The molecule has 0 saturated heterocycles. The minimum atomic E-state index is 0.700. The first-order chi connectivity index (χ1) is 8.25. The minimum Gasteiger partial charge on any atom is -0.370 e. The van der Waals surface area contributed by atoms with E-state index in [1.165, 1.54) is 6.33 Å². The molecule has 0 spiro atoms. The molecule has 3 nitrogen and oxygen atoms in total. The number of nitrogens with one attached hydrogen (secondary N) is 1. The molecule has 0 fully saturated rings. The Hall–Kier alpha value is -1.32. The van der Waals surface area contributed by atoms with Crippen LogP contribution in [0.1, 0.15) is 5.56 Å². The number of benzene rings is 1. The van der Waals surface area contributed by atoms with E-state index in [0.29, 0.717) is 5.02 Å². The summed E-state index contributed by atoms with van der Waals surface area (Å²) in [6.45, 7) is 0.747. The van der Waals surface area contributed by atoms with Crippen molar-refractivity contribution in [3.05, 3.63) is 52.4 Å². The highest BCUT2D eigenvalue weighted by Gasteiger charge is 2.01. The Morgan fingerprint density at radius 3 is 2.82 bits per heavy atom. The van der Waals surface area contributed by atoms with Gasteiger partial charge < -0.3 is 5.32 Å². The molecule has 0 unspecified atom stereocenters. The lowest BCUT2D eigenvalue weighted by molar-refractivity contribution is 0.999. The van der Waals surface area contributed by atoms with Crippen molar-refractivity contribution in [3.8, 4) is 0 Å². The van der Waals surface area contributed by atoms with Crippen LogP contribution in [0.25, 0.3) is 0 Å². The lowest BCUT2D eigenvalue weighted by Crippen LogP contribution is -2.06. The Morgan fingerprint density at radius 1 is 1.18 bits per heavy atom. The SMILES string of the molecule is Clc1ccc(Cl)c(CCNc2ccncn2)c1. The van der Waals surface area contributed by atoms with E-state index in [2.05, 4.69) is 15.3 Å². The molecular formula is C12H11Cl2N3. The summed E-state index contributed by atoms with van der Waals surface area (Å²) in [5.41, 5.74) is 1.03. The number of aromatic nitrogens is 2. The van der Waals surface area contributed by atoms with Crippen LogP contribution in [0.5, 0.6) is 0 Å². The summed E-state index contributed by atoms with van der Waals surface area (Å²) in [6, 6.07) is 7.29. The Kier molecular flexibility index (Phi) is 4.18. The molecule has 0 aliphatic carbocycles. The average molecular weight is 268 g/mol. The van der Waals surface area contributed by atoms with Crippen LogP contribution in [0.15, 0.2) is 36.8 Å². The van der Waals surface area contributed by atoms with Crippen LogP contribution < -0.4 is 5.32 Å². The van der Waals surface area contributed by atoms with Crippen molar-refractivity contribution in [1.82, 2.24) is 9.97 Å². The zero-order valence-corrected chi connectivity index (χ0v) is 10.5. The van der Waals surface area contributed by atoms with Crippen LogP contribution in [0.3, 0.4) is 0 Å². The second kappa shape index (κ2) is 5.84. The molecule has 0 radical (unpaired) electrons. The van der Waals surface area contributed by atoms with Crippen molar-refractivity contribution in [2.75, 3.05) is 11.9 Å². The zero-order valence-electron chi connectivity index (χ0n) is 9.03. The Morgan fingerprint density at radius 2 is 2.06 bits per heavy atom. The first-order valence-electron chi connectivity index (χ1n) is 5.19. The highest BCUT2D eigenvalue weighted by molar-refractivity contribution is 6.33. The van der Waals surface area contributed by atoms with Crippen molar-refractivity contribution in [1.29, 1.82) is 0 Å². The van der Waals surface area contributed by atoms with Crippen LogP contribution in [0.4, 0.5) is 5.82 Å². The highest BCUT2D eigenvalue weighted by atomic mass is 35.5. The number of anilines is 1. The Bertz CT molecular complexity index is 488. The third-order valence-electron chi connectivity index (χ3n) is 2.29.